The number of pyridine rings is 1. The Kier molecular flexibility index (Phi) is 3.48. The lowest BCUT2D eigenvalue weighted by Crippen LogP contribution is -2.17. The van der Waals surface area contributed by atoms with Crippen LogP contribution in [-0.2, 0) is 20.1 Å². The highest BCUT2D eigenvalue weighted by atomic mass is 15.1. The van der Waals surface area contributed by atoms with Crippen LogP contribution in [-0.4, -0.2) is 14.5 Å². The second-order valence-electron chi connectivity index (χ2n) is 4.95. The van der Waals surface area contributed by atoms with Crippen molar-refractivity contribution in [3.05, 3.63) is 59.7 Å². The molecule has 4 nitrogen and oxygen atoms in total. The van der Waals surface area contributed by atoms with Crippen molar-refractivity contribution in [2.24, 2.45) is 7.05 Å². The summed E-state index contributed by atoms with van der Waals surface area (Å²) in [7, 11) is 2.05. The summed E-state index contributed by atoms with van der Waals surface area (Å²) >= 11 is 0. The Bertz CT molecular complexity index is 730. The first-order valence-corrected chi connectivity index (χ1v) is 6.77. The van der Waals surface area contributed by atoms with Gasteiger partial charge in [0, 0.05) is 19.8 Å². The Balaban J connectivity index is 1.71. The van der Waals surface area contributed by atoms with E-state index in [1.165, 1.54) is 11.1 Å². The van der Waals surface area contributed by atoms with E-state index < -0.39 is 0 Å². The lowest BCUT2D eigenvalue weighted by Gasteiger charge is -2.06. The molecular weight excluding hydrogens is 248 g/mol. The Labute approximate surface area is 118 Å². The summed E-state index contributed by atoms with van der Waals surface area (Å²) in [5.41, 5.74) is 4.51. The summed E-state index contributed by atoms with van der Waals surface area (Å²) in [6, 6.07) is 12.2. The molecule has 0 spiro atoms. The molecule has 0 amide bonds. The average molecular weight is 266 g/mol. The lowest BCUT2D eigenvalue weighted by molar-refractivity contribution is 0.632. The van der Waals surface area contributed by atoms with Crippen LogP contribution in [0, 0.1) is 6.92 Å². The van der Waals surface area contributed by atoms with Gasteiger partial charge in [0.2, 0.25) is 0 Å². The average Bonchev–Trinajstić information content (AvgIpc) is 2.78. The fraction of sp³-hybridized carbons (Fsp3) is 0.250. The summed E-state index contributed by atoms with van der Waals surface area (Å²) in [5.74, 6) is 1.04. The van der Waals surface area contributed by atoms with Crippen LogP contribution in [0.3, 0.4) is 0 Å². The van der Waals surface area contributed by atoms with Crippen LogP contribution in [0.4, 0.5) is 0 Å². The summed E-state index contributed by atoms with van der Waals surface area (Å²) < 4.78 is 2.13. The number of hydrogen-bond donors (Lipinski definition) is 1. The van der Waals surface area contributed by atoms with Gasteiger partial charge in [-0.05, 0) is 30.7 Å². The Morgan fingerprint density at radius 3 is 2.75 bits per heavy atom. The molecule has 0 aliphatic heterocycles. The second kappa shape index (κ2) is 5.43. The van der Waals surface area contributed by atoms with E-state index in [-0.39, 0.29) is 0 Å². The molecule has 0 fully saturated rings. The van der Waals surface area contributed by atoms with Crippen LogP contribution in [0.25, 0.3) is 11.0 Å². The number of rotatable bonds is 4. The van der Waals surface area contributed by atoms with E-state index in [1.807, 2.05) is 30.5 Å². The molecule has 0 aliphatic carbocycles. The molecule has 1 N–H and O–H groups in total. The SMILES string of the molecule is Cc1cccnc1CNCc1nc2ccccc2n1C. The molecule has 0 radical (unpaired) electrons. The maximum Gasteiger partial charge on any atom is 0.123 e. The van der Waals surface area contributed by atoms with Crippen molar-refractivity contribution >= 4 is 11.0 Å². The van der Waals surface area contributed by atoms with E-state index in [9.17, 15) is 0 Å². The lowest BCUT2D eigenvalue weighted by atomic mass is 10.2. The molecular formula is C16H18N4. The number of nitrogens with one attached hydrogen (secondary N) is 1. The second-order valence-corrected chi connectivity index (χ2v) is 4.95. The van der Waals surface area contributed by atoms with Crippen LogP contribution < -0.4 is 5.32 Å². The highest BCUT2D eigenvalue weighted by Gasteiger charge is 2.06. The van der Waals surface area contributed by atoms with Gasteiger partial charge in [0.25, 0.3) is 0 Å². The van der Waals surface area contributed by atoms with Crippen LogP contribution in [0.15, 0.2) is 42.6 Å². The Hall–Kier alpha value is -2.20. The third-order valence-corrected chi connectivity index (χ3v) is 3.57. The van der Waals surface area contributed by atoms with Crippen LogP contribution in [0.1, 0.15) is 17.1 Å². The number of para-hydroxylation sites is 2. The molecule has 4 heteroatoms. The Morgan fingerprint density at radius 2 is 1.95 bits per heavy atom. The first-order chi connectivity index (χ1) is 9.75. The van der Waals surface area contributed by atoms with Gasteiger partial charge in [0.1, 0.15) is 5.82 Å². The van der Waals surface area contributed by atoms with Gasteiger partial charge >= 0.3 is 0 Å². The van der Waals surface area contributed by atoms with E-state index in [4.69, 9.17) is 0 Å². The van der Waals surface area contributed by atoms with E-state index in [1.54, 1.807) is 0 Å². The molecule has 2 heterocycles. The molecule has 20 heavy (non-hydrogen) atoms. The predicted octanol–water partition coefficient (Wildman–Crippen LogP) is 2.57. The quantitative estimate of drug-likeness (QED) is 0.789. The first-order valence-electron chi connectivity index (χ1n) is 6.77. The minimum absolute atomic E-state index is 0.737. The van der Waals surface area contributed by atoms with E-state index in [2.05, 4.69) is 46.0 Å². The first kappa shape index (κ1) is 12.8. The molecule has 1 aromatic carbocycles. The molecule has 3 rings (SSSR count). The van der Waals surface area contributed by atoms with Crippen LogP contribution >= 0.6 is 0 Å². The number of fused-ring (bicyclic) bond motifs is 1. The molecule has 3 aromatic rings. The number of benzene rings is 1. The topological polar surface area (TPSA) is 42.7 Å². The van der Waals surface area contributed by atoms with Crippen molar-refractivity contribution < 1.29 is 0 Å². The number of aryl methyl sites for hydroxylation is 2. The minimum atomic E-state index is 0.737. The number of hydrogen-bond acceptors (Lipinski definition) is 3. The fourth-order valence-electron chi connectivity index (χ4n) is 2.35. The van der Waals surface area contributed by atoms with Crippen LogP contribution in [0.2, 0.25) is 0 Å². The van der Waals surface area contributed by atoms with Crippen molar-refractivity contribution in [3.8, 4) is 0 Å². The molecule has 0 atom stereocenters. The van der Waals surface area contributed by atoms with Crippen molar-refractivity contribution in [2.45, 2.75) is 20.0 Å². The van der Waals surface area contributed by atoms with Gasteiger partial charge in [-0.3, -0.25) is 4.98 Å². The summed E-state index contributed by atoms with van der Waals surface area (Å²) in [6.45, 7) is 3.58. The summed E-state index contributed by atoms with van der Waals surface area (Å²) in [6.07, 6.45) is 1.83. The van der Waals surface area contributed by atoms with Crippen LogP contribution in [0.5, 0.6) is 0 Å². The third kappa shape index (κ3) is 2.42. The van der Waals surface area contributed by atoms with Gasteiger partial charge in [0.15, 0.2) is 0 Å². The Morgan fingerprint density at radius 1 is 1.10 bits per heavy atom. The molecule has 0 unspecified atom stereocenters. The smallest absolute Gasteiger partial charge is 0.123 e. The molecule has 0 bridgehead atoms. The van der Waals surface area contributed by atoms with Crippen molar-refractivity contribution in [3.63, 3.8) is 0 Å². The molecule has 2 aromatic heterocycles. The van der Waals surface area contributed by atoms with Crippen molar-refractivity contribution in [1.82, 2.24) is 19.9 Å². The van der Waals surface area contributed by atoms with E-state index >= 15 is 0 Å². The van der Waals surface area contributed by atoms with Gasteiger partial charge in [-0.1, -0.05) is 18.2 Å². The maximum atomic E-state index is 4.65. The standard InChI is InChI=1S/C16H18N4/c1-12-6-5-9-18-14(12)10-17-11-16-19-13-7-3-4-8-15(13)20(16)2/h3-9,17H,10-11H2,1-2H3. The van der Waals surface area contributed by atoms with Gasteiger partial charge in [-0.25, -0.2) is 4.98 Å². The van der Waals surface area contributed by atoms with Crippen molar-refractivity contribution in [2.75, 3.05) is 0 Å². The van der Waals surface area contributed by atoms with E-state index in [0.717, 1.165) is 30.1 Å². The molecule has 0 saturated carbocycles. The highest BCUT2D eigenvalue weighted by molar-refractivity contribution is 5.75. The number of aromatic nitrogens is 3. The number of imidazole rings is 1. The molecule has 0 saturated heterocycles. The highest BCUT2D eigenvalue weighted by Crippen LogP contribution is 2.14. The van der Waals surface area contributed by atoms with Gasteiger partial charge in [0.05, 0.1) is 23.3 Å². The zero-order valence-electron chi connectivity index (χ0n) is 11.8. The minimum Gasteiger partial charge on any atom is -0.330 e. The number of nitrogens with zero attached hydrogens (tertiary/aromatic N) is 3. The molecule has 102 valence electrons. The van der Waals surface area contributed by atoms with Gasteiger partial charge < -0.3 is 9.88 Å². The van der Waals surface area contributed by atoms with Gasteiger partial charge in [-0.15, -0.1) is 0 Å². The summed E-state index contributed by atoms with van der Waals surface area (Å²) in [5, 5.41) is 3.41. The molecule has 0 aliphatic rings. The van der Waals surface area contributed by atoms with Gasteiger partial charge in [-0.2, -0.15) is 0 Å². The summed E-state index contributed by atoms with van der Waals surface area (Å²) in [4.78, 5) is 9.03. The zero-order valence-corrected chi connectivity index (χ0v) is 11.8. The monoisotopic (exact) mass is 266 g/mol. The zero-order chi connectivity index (χ0) is 13.9. The normalized spacial score (nSPS) is 11.1. The predicted molar refractivity (Wildman–Crippen MR) is 80.2 cm³/mol. The largest absolute Gasteiger partial charge is 0.330 e. The maximum absolute atomic E-state index is 4.65. The van der Waals surface area contributed by atoms with E-state index in [0.29, 0.717) is 0 Å². The fourth-order valence-corrected chi connectivity index (χ4v) is 2.35. The van der Waals surface area contributed by atoms with Crippen molar-refractivity contribution in [1.29, 1.82) is 0 Å². The third-order valence-electron chi connectivity index (χ3n) is 3.57.